The lowest BCUT2D eigenvalue weighted by Gasteiger charge is -2.29. The number of hydrogen-bond acceptors (Lipinski definition) is 5. The average molecular weight is 364 g/mol. The van der Waals surface area contributed by atoms with Crippen LogP contribution in [0.3, 0.4) is 0 Å². The zero-order chi connectivity index (χ0) is 17.3. The van der Waals surface area contributed by atoms with Crippen LogP contribution in [0.4, 0.5) is 5.82 Å². The molecule has 7 heteroatoms. The number of hydrogen-bond donors (Lipinski definition) is 2. The predicted octanol–water partition coefficient (Wildman–Crippen LogP) is 1.87. The zero-order valence-electron chi connectivity index (χ0n) is 15.0. The number of thioether (sulfide) groups is 1. The monoisotopic (exact) mass is 363 g/mol. The van der Waals surface area contributed by atoms with Crippen LogP contribution >= 0.6 is 11.8 Å². The molecule has 6 nitrogen and oxygen atoms in total. The number of morpholine rings is 1. The van der Waals surface area contributed by atoms with Crippen molar-refractivity contribution < 1.29 is 4.74 Å². The topological polar surface area (TPSA) is 61.8 Å². The second-order valence-electron chi connectivity index (χ2n) is 6.30. The number of anilines is 1. The van der Waals surface area contributed by atoms with Gasteiger partial charge in [0.05, 0.1) is 19.8 Å². The maximum atomic E-state index is 5.45. The van der Waals surface area contributed by atoms with Crippen molar-refractivity contribution in [3.8, 4) is 0 Å². The van der Waals surface area contributed by atoms with Gasteiger partial charge in [-0.1, -0.05) is 6.07 Å². The van der Waals surface area contributed by atoms with Crippen LogP contribution in [0.2, 0.25) is 0 Å². The molecule has 0 spiro atoms. The summed E-state index contributed by atoms with van der Waals surface area (Å²) >= 11 is 2.06. The normalized spacial score (nSPS) is 21.4. The van der Waals surface area contributed by atoms with E-state index in [1.807, 2.05) is 12.3 Å². The molecule has 2 aliphatic heterocycles. The molecule has 3 rings (SSSR count). The van der Waals surface area contributed by atoms with E-state index in [1.165, 1.54) is 18.6 Å². The minimum absolute atomic E-state index is 0.633. The van der Waals surface area contributed by atoms with Gasteiger partial charge < -0.3 is 20.3 Å². The Morgan fingerprint density at radius 2 is 2.28 bits per heavy atom. The van der Waals surface area contributed by atoms with Crippen LogP contribution in [0.25, 0.3) is 0 Å². The van der Waals surface area contributed by atoms with Gasteiger partial charge in [0.15, 0.2) is 5.96 Å². The molecule has 2 saturated heterocycles. The number of ether oxygens (including phenoxy) is 1. The lowest BCUT2D eigenvalue weighted by atomic mass is 10.2. The molecule has 1 aromatic rings. The van der Waals surface area contributed by atoms with Gasteiger partial charge in [0.25, 0.3) is 0 Å². The minimum Gasteiger partial charge on any atom is -0.378 e. The van der Waals surface area contributed by atoms with Crippen LogP contribution in [-0.2, 0) is 11.3 Å². The van der Waals surface area contributed by atoms with Crippen molar-refractivity contribution in [1.82, 2.24) is 15.6 Å². The fraction of sp³-hybridized carbons (Fsp3) is 0.667. The van der Waals surface area contributed by atoms with Crippen LogP contribution in [-0.4, -0.2) is 61.3 Å². The summed E-state index contributed by atoms with van der Waals surface area (Å²) in [4.78, 5) is 11.7. The summed E-state index contributed by atoms with van der Waals surface area (Å²) < 4.78 is 5.45. The molecule has 1 atom stereocenters. The van der Waals surface area contributed by atoms with Crippen molar-refractivity contribution in [1.29, 1.82) is 0 Å². The van der Waals surface area contributed by atoms with E-state index < -0.39 is 0 Å². The van der Waals surface area contributed by atoms with Crippen molar-refractivity contribution in [2.45, 2.75) is 31.6 Å². The predicted molar refractivity (Wildman–Crippen MR) is 106 cm³/mol. The van der Waals surface area contributed by atoms with Crippen molar-refractivity contribution >= 4 is 23.5 Å². The van der Waals surface area contributed by atoms with E-state index in [1.54, 1.807) is 0 Å². The largest absolute Gasteiger partial charge is 0.378 e. The second kappa shape index (κ2) is 9.87. The molecule has 0 aromatic carbocycles. The van der Waals surface area contributed by atoms with Gasteiger partial charge in [-0.2, -0.15) is 11.8 Å². The summed E-state index contributed by atoms with van der Waals surface area (Å²) in [6.45, 7) is 7.91. The highest BCUT2D eigenvalue weighted by molar-refractivity contribution is 8.00. The van der Waals surface area contributed by atoms with Crippen LogP contribution in [0, 0.1) is 0 Å². The summed E-state index contributed by atoms with van der Waals surface area (Å²) in [6, 6.07) is 4.11. The SMILES string of the molecule is CCNC(=NCc1cccnc1N1CCOCC1)NCC1CCCS1. The molecule has 3 heterocycles. The van der Waals surface area contributed by atoms with Crippen molar-refractivity contribution in [3.63, 3.8) is 0 Å². The number of guanidine groups is 1. The van der Waals surface area contributed by atoms with E-state index in [0.29, 0.717) is 11.8 Å². The molecule has 25 heavy (non-hydrogen) atoms. The Hall–Kier alpha value is -1.47. The van der Waals surface area contributed by atoms with E-state index in [4.69, 9.17) is 9.73 Å². The molecule has 0 radical (unpaired) electrons. The van der Waals surface area contributed by atoms with E-state index in [9.17, 15) is 0 Å². The summed E-state index contributed by atoms with van der Waals surface area (Å²) in [6.07, 6.45) is 4.50. The van der Waals surface area contributed by atoms with Crippen molar-refractivity contribution in [3.05, 3.63) is 23.9 Å². The second-order valence-corrected chi connectivity index (χ2v) is 7.70. The van der Waals surface area contributed by atoms with Gasteiger partial charge in [-0.25, -0.2) is 9.98 Å². The molecule has 138 valence electrons. The summed E-state index contributed by atoms with van der Waals surface area (Å²) in [5, 5.41) is 7.56. The van der Waals surface area contributed by atoms with Crippen LogP contribution in [0.15, 0.2) is 23.3 Å². The number of aromatic nitrogens is 1. The van der Waals surface area contributed by atoms with Crippen LogP contribution < -0.4 is 15.5 Å². The summed E-state index contributed by atoms with van der Waals surface area (Å²) in [5.41, 5.74) is 1.16. The molecule has 1 unspecified atom stereocenters. The first-order chi connectivity index (χ1) is 12.4. The molecular weight excluding hydrogens is 334 g/mol. The van der Waals surface area contributed by atoms with Crippen molar-refractivity contribution in [2.24, 2.45) is 4.99 Å². The number of rotatable bonds is 6. The maximum absolute atomic E-state index is 5.45. The number of aliphatic imine (C=N–C) groups is 1. The third-order valence-electron chi connectivity index (χ3n) is 4.45. The van der Waals surface area contributed by atoms with Gasteiger partial charge in [-0.05, 0) is 31.6 Å². The Kier molecular flexibility index (Phi) is 7.23. The first kappa shape index (κ1) is 18.3. The highest BCUT2D eigenvalue weighted by Gasteiger charge is 2.17. The fourth-order valence-electron chi connectivity index (χ4n) is 3.14. The molecule has 2 N–H and O–H groups in total. The lowest BCUT2D eigenvalue weighted by Crippen LogP contribution is -2.40. The highest BCUT2D eigenvalue weighted by atomic mass is 32.2. The number of nitrogens with zero attached hydrogens (tertiary/aromatic N) is 3. The molecule has 0 aliphatic carbocycles. The van der Waals surface area contributed by atoms with E-state index in [-0.39, 0.29) is 0 Å². The molecule has 1 aromatic heterocycles. The quantitative estimate of drug-likeness (QED) is 0.594. The molecule has 2 aliphatic rings. The lowest BCUT2D eigenvalue weighted by molar-refractivity contribution is 0.122. The zero-order valence-corrected chi connectivity index (χ0v) is 15.9. The van der Waals surface area contributed by atoms with Gasteiger partial charge in [0, 0.05) is 43.2 Å². The van der Waals surface area contributed by atoms with E-state index in [0.717, 1.165) is 56.7 Å². The number of nitrogens with one attached hydrogen (secondary N) is 2. The molecule has 2 fully saturated rings. The van der Waals surface area contributed by atoms with Gasteiger partial charge in [0.1, 0.15) is 5.82 Å². The Balaban J connectivity index is 1.63. The third kappa shape index (κ3) is 5.51. The van der Waals surface area contributed by atoms with Crippen molar-refractivity contribution in [2.75, 3.05) is 50.0 Å². The van der Waals surface area contributed by atoms with Gasteiger partial charge in [0.2, 0.25) is 0 Å². The smallest absolute Gasteiger partial charge is 0.191 e. The first-order valence-corrected chi connectivity index (χ1v) is 10.3. The molecule has 0 amide bonds. The van der Waals surface area contributed by atoms with Gasteiger partial charge >= 0.3 is 0 Å². The molecule has 0 saturated carbocycles. The summed E-state index contributed by atoms with van der Waals surface area (Å²) in [5.74, 6) is 3.22. The minimum atomic E-state index is 0.633. The van der Waals surface area contributed by atoms with Gasteiger partial charge in [-0.15, -0.1) is 0 Å². The average Bonchev–Trinajstić information content (AvgIpc) is 3.18. The fourth-order valence-corrected chi connectivity index (χ4v) is 4.34. The van der Waals surface area contributed by atoms with Gasteiger partial charge in [-0.3, -0.25) is 0 Å². The van der Waals surface area contributed by atoms with E-state index >= 15 is 0 Å². The van der Waals surface area contributed by atoms with E-state index in [2.05, 4.69) is 45.3 Å². The standard InChI is InChI=1S/C18H29N5OS/c1-2-19-18(22-14-16-6-4-12-25-16)21-13-15-5-3-7-20-17(15)23-8-10-24-11-9-23/h3,5,7,16H,2,4,6,8-14H2,1H3,(H2,19,21,22). The Morgan fingerprint density at radius 3 is 3.04 bits per heavy atom. The Labute approximate surface area is 154 Å². The first-order valence-electron chi connectivity index (χ1n) is 9.27. The maximum Gasteiger partial charge on any atom is 0.191 e. The number of pyridine rings is 1. The molecule has 0 bridgehead atoms. The highest BCUT2D eigenvalue weighted by Crippen LogP contribution is 2.25. The van der Waals surface area contributed by atoms with Crippen LogP contribution in [0.5, 0.6) is 0 Å². The van der Waals surface area contributed by atoms with Crippen LogP contribution in [0.1, 0.15) is 25.3 Å². The third-order valence-corrected chi connectivity index (χ3v) is 5.85. The summed E-state index contributed by atoms with van der Waals surface area (Å²) in [7, 11) is 0. The Morgan fingerprint density at radius 1 is 1.40 bits per heavy atom. The Bertz CT molecular complexity index is 556. The molecular formula is C18H29N5OS.